The summed E-state index contributed by atoms with van der Waals surface area (Å²) in [5.74, 6) is -0.187. The average Bonchev–Trinajstić information content (AvgIpc) is 3.09. The Hall–Kier alpha value is -3.55. The lowest BCUT2D eigenvalue weighted by molar-refractivity contribution is -0.123. The Morgan fingerprint density at radius 2 is 1.75 bits per heavy atom. The van der Waals surface area contributed by atoms with Crippen molar-refractivity contribution in [1.82, 2.24) is 0 Å². The smallest absolute Gasteiger partial charge is 0.262 e. The standard InChI is InChI=1S/C20H21N3O5/c1-27-16-6-2-14(3-7-16)22-18(24)12-28-17-8-4-15(5-9-17)23-11-13(20(21)26)10-19(23)25/h2-9,13H,10-12H2,1H3,(H2,21,26)(H,22,24). The van der Waals surface area contributed by atoms with Crippen LogP contribution in [0, 0.1) is 5.92 Å². The summed E-state index contributed by atoms with van der Waals surface area (Å²) in [4.78, 5) is 36.8. The Balaban J connectivity index is 1.52. The number of nitrogens with one attached hydrogen (secondary N) is 1. The number of amides is 3. The van der Waals surface area contributed by atoms with Crippen molar-refractivity contribution >= 4 is 29.1 Å². The number of anilines is 2. The van der Waals surface area contributed by atoms with E-state index in [-0.39, 0.29) is 31.4 Å². The van der Waals surface area contributed by atoms with Crippen LogP contribution in [0.3, 0.4) is 0 Å². The predicted molar refractivity (Wildman–Crippen MR) is 103 cm³/mol. The molecule has 0 radical (unpaired) electrons. The number of carbonyl (C=O) groups excluding carboxylic acids is 3. The molecule has 1 unspecified atom stereocenters. The van der Waals surface area contributed by atoms with Crippen LogP contribution >= 0.6 is 0 Å². The zero-order valence-electron chi connectivity index (χ0n) is 15.4. The van der Waals surface area contributed by atoms with E-state index in [1.54, 1.807) is 55.6 Å². The van der Waals surface area contributed by atoms with Crippen LogP contribution < -0.4 is 25.4 Å². The SMILES string of the molecule is COc1ccc(NC(=O)COc2ccc(N3CC(C(N)=O)CC3=O)cc2)cc1. The highest BCUT2D eigenvalue weighted by Crippen LogP contribution is 2.26. The lowest BCUT2D eigenvalue weighted by Crippen LogP contribution is -2.28. The monoisotopic (exact) mass is 383 g/mol. The summed E-state index contributed by atoms with van der Waals surface area (Å²) < 4.78 is 10.5. The van der Waals surface area contributed by atoms with Gasteiger partial charge in [-0.1, -0.05) is 0 Å². The molecule has 8 nitrogen and oxygen atoms in total. The van der Waals surface area contributed by atoms with E-state index in [1.165, 1.54) is 4.90 Å². The van der Waals surface area contributed by atoms with E-state index < -0.39 is 11.8 Å². The van der Waals surface area contributed by atoms with E-state index >= 15 is 0 Å². The summed E-state index contributed by atoms with van der Waals surface area (Å²) in [6.07, 6.45) is 0.124. The van der Waals surface area contributed by atoms with Crippen LogP contribution in [0.5, 0.6) is 11.5 Å². The minimum absolute atomic E-state index is 0.124. The molecule has 0 bridgehead atoms. The molecule has 1 aliphatic rings. The van der Waals surface area contributed by atoms with Gasteiger partial charge in [0.15, 0.2) is 6.61 Å². The van der Waals surface area contributed by atoms with Crippen molar-refractivity contribution in [3.05, 3.63) is 48.5 Å². The first-order valence-corrected chi connectivity index (χ1v) is 8.72. The molecule has 1 aliphatic heterocycles. The molecule has 1 fully saturated rings. The van der Waals surface area contributed by atoms with Crippen LogP contribution in [0.2, 0.25) is 0 Å². The second-order valence-corrected chi connectivity index (χ2v) is 6.37. The van der Waals surface area contributed by atoms with Crippen molar-refractivity contribution in [1.29, 1.82) is 0 Å². The zero-order chi connectivity index (χ0) is 20.1. The molecule has 1 atom stereocenters. The van der Waals surface area contributed by atoms with E-state index in [0.29, 0.717) is 22.9 Å². The Kier molecular flexibility index (Phi) is 5.78. The Morgan fingerprint density at radius 1 is 1.11 bits per heavy atom. The first kappa shape index (κ1) is 19.2. The molecule has 2 aromatic rings. The second-order valence-electron chi connectivity index (χ2n) is 6.37. The molecule has 0 aliphatic carbocycles. The fraction of sp³-hybridized carbons (Fsp3) is 0.250. The van der Waals surface area contributed by atoms with E-state index in [1.807, 2.05) is 0 Å². The van der Waals surface area contributed by atoms with Crippen LogP contribution in [-0.4, -0.2) is 38.0 Å². The molecule has 2 aromatic carbocycles. The third kappa shape index (κ3) is 4.59. The molecule has 0 saturated carbocycles. The molecule has 1 saturated heterocycles. The normalized spacial score (nSPS) is 16.0. The largest absolute Gasteiger partial charge is 0.497 e. The van der Waals surface area contributed by atoms with Gasteiger partial charge in [-0.2, -0.15) is 0 Å². The molecular weight excluding hydrogens is 362 g/mol. The summed E-state index contributed by atoms with van der Waals surface area (Å²) >= 11 is 0. The van der Waals surface area contributed by atoms with Gasteiger partial charge >= 0.3 is 0 Å². The third-order valence-corrected chi connectivity index (χ3v) is 4.42. The maximum absolute atomic E-state index is 12.0. The van der Waals surface area contributed by atoms with Gasteiger partial charge in [0.25, 0.3) is 5.91 Å². The summed E-state index contributed by atoms with van der Waals surface area (Å²) in [6, 6.07) is 13.7. The number of ether oxygens (including phenoxy) is 2. The number of benzene rings is 2. The maximum Gasteiger partial charge on any atom is 0.262 e. The van der Waals surface area contributed by atoms with Crippen LogP contribution in [0.25, 0.3) is 0 Å². The van der Waals surface area contributed by atoms with E-state index in [2.05, 4.69) is 5.32 Å². The van der Waals surface area contributed by atoms with Crippen molar-refractivity contribution in [2.45, 2.75) is 6.42 Å². The van der Waals surface area contributed by atoms with Gasteiger partial charge in [-0.05, 0) is 48.5 Å². The summed E-state index contributed by atoms with van der Waals surface area (Å²) in [7, 11) is 1.57. The highest BCUT2D eigenvalue weighted by molar-refractivity contribution is 6.00. The molecule has 3 N–H and O–H groups in total. The lowest BCUT2D eigenvalue weighted by Gasteiger charge is -2.16. The fourth-order valence-corrected chi connectivity index (χ4v) is 2.89. The van der Waals surface area contributed by atoms with Crippen LogP contribution in [0.15, 0.2) is 48.5 Å². The quantitative estimate of drug-likeness (QED) is 0.754. The first-order valence-electron chi connectivity index (χ1n) is 8.72. The summed E-state index contributed by atoms with van der Waals surface area (Å²) in [5.41, 5.74) is 6.58. The van der Waals surface area contributed by atoms with Gasteiger partial charge in [-0.3, -0.25) is 14.4 Å². The maximum atomic E-state index is 12.0. The Labute approximate surface area is 162 Å². The summed E-state index contributed by atoms with van der Waals surface area (Å²) in [6.45, 7) is 0.121. The predicted octanol–water partition coefficient (Wildman–Crippen LogP) is 1.55. The highest BCUT2D eigenvalue weighted by atomic mass is 16.5. The Morgan fingerprint density at radius 3 is 2.32 bits per heavy atom. The number of nitrogens with zero attached hydrogens (tertiary/aromatic N) is 1. The number of hydrogen-bond donors (Lipinski definition) is 2. The fourth-order valence-electron chi connectivity index (χ4n) is 2.89. The van der Waals surface area contributed by atoms with Gasteiger partial charge < -0.3 is 25.4 Å². The number of primary amides is 1. The minimum atomic E-state index is -0.473. The molecular formula is C20H21N3O5. The molecule has 0 aromatic heterocycles. The van der Waals surface area contributed by atoms with Crippen molar-refractivity contribution < 1.29 is 23.9 Å². The van der Waals surface area contributed by atoms with E-state index in [9.17, 15) is 14.4 Å². The van der Waals surface area contributed by atoms with Gasteiger partial charge in [0, 0.05) is 24.3 Å². The second kappa shape index (κ2) is 8.43. The molecule has 8 heteroatoms. The highest BCUT2D eigenvalue weighted by Gasteiger charge is 2.33. The number of methoxy groups -OCH3 is 1. The van der Waals surface area contributed by atoms with E-state index in [0.717, 1.165) is 0 Å². The van der Waals surface area contributed by atoms with Crippen molar-refractivity contribution in [2.24, 2.45) is 11.7 Å². The van der Waals surface area contributed by atoms with Gasteiger partial charge in [0.2, 0.25) is 11.8 Å². The van der Waals surface area contributed by atoms with Crippen molar-refractivity contribution in [3.8, 4) is 11.5 Å². The molecule has 0 spiro atoms. The number of rotatable bonds is 7. The molecule has 3 rings (SSSR count). The van der Waals surface area contributed by atoms with Crippen LogP contribution in [0.1, 0.15) is 6.42 Å². The Bertz CT molecular complexity index is 864. The molecule has 28 heavy (non-hydrogen) atoms. The van der Waals surface area contributed by atoms with Gasteiger partial charge in [-0.15, -0.1) is 0 Å². The zero-order valence-corrected chi connectivity index (χ0v) is 15.4. The van der Waals surface area contributed by atoms with Crippen molar-refractivity contribution in [3.63, 3.8) is 0 Å². The molecule has 1 heterocycles. The molecule has 3 amide bonds. The van der Waals surface area contributed by atoms with Gasteiger partial charge in [-0.25, -0.2) is 0 Å². The summed E-state index contributed by atoms with van der Waals surface area (Å²) in [5, 5.41) is 2.72. The van der Waals surface area contributed by atoms with Crippen LogP contribution in [-0.2, 0) is 14.4 Å². The lowest BCUT2D eigenvalue weighted by atomic mass is 10.1. The van der Waals surface area contributed by atoms with Crippen molar-refractivity contribution in [2.75, 3.05) is 30.5 Å². The first-order chi connectivity index (χ1) is 13.5. The average molecular weight is 383 g/mol. The van der Waals surface area contributed by atoms with Gasteiger partial charge in [0.05, 0.1) is 13.0 Å². The van der Waals surface area contributed by atoms with Crippen LogP contribution in [0.4, 0.5) is 11.4 Å². The van der Waals surface area contributed by atoms with E-state index in [4.69, 9.17) is 15.2 Å². The minimum Gasteiger partial charge on any atom is -0.497 e. The number of nitrogens with two attached hydrogens (primary N) is 1. The third-order valence-electron chi connectivity index (χ3n) is 4.42. The van der Waals surface area contributed by atoms with Gasteiger partial charge in [0.1, 0.15) is 11.5 Å². The topological polar surface area (TPSA) is 111 Å². The molecule has 146 valence electrons. The number of hydrogen-bond acceptors (Lipinski definition) is 5. The number of carbonyl (C=O) groups is 3.